The Morgan fingerprint density at radius 3 is 2.32 bits per heavy atom. The van der Waals surface area contributed by atoms with Crippen molar-refractivity contribution >= 4 is 20.0 Å². The number of hydrogen-bond donors (Lipinski definition) is 1. The first kappa shape index (κ1) is 16.6. The van der Waals surface area contributed by atoms with Gasteiger partial charge in [0.1, 0.15) is 8.24 Å². The summed E-state index contributed by atoms with van der Waals surface area (Å²) < 4.78 is 0. The van der Waals surface area contributed by atoms with Crippen LogP contribution in [0.4, 0.5) is 0 Å². The lowest BCUT2D eigenvalue weighted by molar-refractivity contribution is 0.439. The lowest BCUT2D eigenvalue weighted by atomic mass is 9.96. The third kappa shape index (κ3) is 2.69. The van der Waals surface area contributed by atoms with Gasteiger partial charge in [0.15, 0.2) is 0 Å². The quantitative estimate of drug-likeness (QED) is 0.718. The van der Waals surface area contributed by atoms with Crippen molar-refractivity contribution in [1.82, 2.24) is 4.98 Å². The van der Waals surface area contributed by atoms with Gasteiger partial charge in [-0.3, -0.25) is 0 Å². The second-order valence-electron chi connectivity index (χ2n) is 8.99. The van der Waals surface area contributed by atoms with E-state index < -0.39 is 8.24 Å². The van der Waals surface area contributed by atoms with E-state index >= 15 is 0 Å². The molecule has 5 unspecified atom stereocenters. The van der Waals surface area contributed by atoms with Gasteiger partial charge in [0.2, 0.25) is 0 Å². The Labute approximate surface area is 141 Å². The third-order valence-electron chi connectivity index (χ3n) is 5.73. The number of nitrogens with one attached hydrogen (secondary N) is 1. The maximum atomic E-state index is 4.06. The topological polar surface area (TPSA) is 12.0 Å². The number of thioether (sulfide) groups is 1. The average Bonchev–Trinajstić information content (AvgIpc) is 2.84. The molecule has 2 aliphatic rings. The van der Waals surface area contributed by atoms with E-state index in [2.05, 4.69) is 88.7 Å². The third-order valence-corrected chi connectivity index (χ3v) is 11.3. The first-order valence-electron chi connectivity index (χ1n) is 8.67. The van der Waals surface area contributed by atoms with Gasteiger partial charge in [0.25, 0.3) is 0 Å². The van der Waals surface area contributed by atoms with E-state index in [-0.39, 0.29) is 5.54 Å². The lowest BCUT2D eigenvalue weighted by Crippen LogP contribution is -2.58. The molecule has 122 valence electrons. The number of hydrogen-bond acceptors (Lipinski definition) is 2. The zero-order chi connectivity index (χ0) is 16.3. The maximum absolute atomic E-state index is 4.06. The van der Waals surface area contributed by atoms with E-state index in [4.69, 9.17) is 0 Å². The fourth-order valence-corrected chi connectivity index (χ4v) is 12.1. The molecule has 0 spiro atoms. The van der Waals surface area contributed by atoms with Crippen LogP contribution in [0.25, 0.3) is 0 Å². The molecule has 1 fully saturated rings. The van der Waals surface area contributed by atoms with Crippen LogP contribution in [0, 0.1) is 11.8 Å². The SMILES string of the molecule is CC1C(C)C([Si](C)(C)NC(C)(C)C)C2c3ccccc3SC12. The molecular weight excluding hydrogens is 302 g/mol. The summed E-state index contributed by atoms with van der Waals surface area (Å²) in [6.45, 7) is 17.1. The van der Waals surface area contributed by atoms with Crippen molar-refractivity contribution in [3.8, 4) is 0 Å². The fourth-order valence-electron chi connectivity index (χ4n) is 5.20. The molecule has 0 saturated heterocycles. The van der Waals surface area contributed by atoms with E-state index in [9.17, 15) is 0 Å². The first-order valence-corrected chi connectivity index (χ1v) is 12.6. The first-order chi connectivity index (χ1) is 10.1. The maximum Gasteiger partial charge on any atom is 0.123 e. The summed E-state index contributed by atoms with van der Waals surface area (Å²) in [5.41, 5.74) is 2.67. The summed E-state index contributed by atoms with van der Waals surface area (Å²) in [4.78, 5) is 5.60. The van der Waals surface area contributed by atoms with Gasteiger partial charge in [0.05, 0.1) is 0 Å². The predicted molar refractivity (Wildman–Crippen MR) is 101 cm³/mol. The van der Waals surface area contributed by atoms with Crippen LogP contribution in [0.1, 0.15) is 46.1 Å². The van der Waals surface area contributed by atoms with Gasteiger partial charge in [-0.1, -0.05) is 45.1 Å². The number of fused-ring (bicyclic) bond motifs is 3. The van der Waals surface area contributed by atoms with Crippen molar-refractivity contribution in [2.24, 2.45) is 11.8 Å². The molecular formula is C19H31NSSi. The molecule has 1 aliphatic carbocycles. The van der Waals surface area contributed by atoms with Crippen molar-refractivity contribution < 1.29 is 0 Å². The highest BCUT2D eigenvalue weighted by molar-refractivity contribution is 8.00. The van der Waals surface area contributed by atoms with Gasteiger partial charge < -0.3 is 4.98 Å². The van der Waals surface area contributed by atoms with Crippen LogP contribution in [-0.2, 0) is 0 Å². The summed E-state index contributed by atoms with van der Waals surface area (Å²) in [7, 11) is -1.53. The van der Waals surface area contributed by atoms with Crippen LogP contribution in [0.15, 0.2) is 29.2 Å². The van der Waals surface area contributed by atoms with Crippen LogP contribution in [-0.4, -0.2) is 19.0 Å². The van der Waals surface area contributed by atoms with Crippen LogP contribution in [0.3, 0.4) is 0 Å². The van der Waals surface area contributed by atoms with Crippen LogP contribution in [0.2, 0.25) is 18.6 Å². The fraction of sp³-hybridized carbons (Fsp3) is 0.684. The van der Waals surface area contributed by atoms with Crippen molar-refractivity contribution in [3.63, 3.8) is 0 Å². The van der Waals surface area contributed by atoms with E-state index in [1.54, 1.807) is 10.5 Å². The van der Waals surface area contributed by atoms with Crippen LogP contribution >= 0.6 is 11.8 Å². The Morgan fingerprint density at radius 2 is 1.68 bits per heavy atom. The summed E-state index contributed by atoms with van der Waals surface area (Å²) in [5, 5.41) is 0.783. The van der Waals surface area contributed by atoms with Gasteiger partial charge >= 0.3 is 0 Å². The van der Waals surface area contributed by atoms with Gasteiger partial charge in [-0.25, -0.2) is 0 Å². The Bertz CT molecular complexity index is 563. The summed E-state index contributed by atoms with van der Waals surface area (Å²) in [5.74, 6) is 2.37. The standard InChI is InChI=1S/C19H31NSSi/c1-12-13(2)18(22(6,7)20-19(3,4)5)16-14-10-8-9-11-15(14)21-17(12)16/h8-13,16-18,20H,1-7H3. The molecule has 0 amide bonds. The molecule has 1 N–H and O–H groups in total. The van der Waals surface area contributed by atoms with Crippen LogP contribution < -0.4 is 4.98 Å². The second-order valence-corrected chi connectivity index (χ2v) is 14.6. The highest BCUT2D eigenvalue weighted by Crippen LogP contribution is 2.64. The van der Waals surface area contributed by atoms with Gasteiger partial charge in [-0.15, -0.1) is 11.8 Å². The summed E-state index contributed by atoms with van der Waals surface area (Å²) in [6, 6.07) is 9.16. The predicted octanol–water partition coefficient (Wildman–Crippen LogP) is 5.49. The summed E-state index contributed by atoms with van der Waals surface area (Å²) in [6.07, 6.45) is 0. The minimum atomic E-state index is -1.53. The Kier molecular flexibility index (Phi) is 4.07. The minimum Gasteiger partial charge on any atom is -0.332 e. The Morgan fingerprint density at radius 1 is 1.05 bits per heavy atom. The molecule has 0 aromatic heterocycles. The van der Waals surface area contributed by atoms with Crippen molar-refractivity contribution in [2.45, 2.75) is 74.9 Å². The highest BCUT2D eigenvalue weighted by Gasteiger charge is 2.56. The molecule has 5 atom stereocenters. The van der Waals surface area contributed by atoms with Crippen LogP contribution in [0.5, 0.6) is 0 Å². The molecule has 1 aliphatic heterocycles. The van der Waals surface area contributed by atoms with E-state index in [0.717, 1.165) is 28.5 Å². The molecule has 1 aromatic carbocycles. The molecule has 22 heavy (non-hydrogen) atoms. The molecule has 0 bridgehead atoms. The number of rotatable bonds is 2. The zero-order valence-electron chi connectivity index (χ0n) is 15.1. The van der Waals surface area contributed by atoms with E-state index in [0.29, 0.717) is 0 Å². The molecule has 0 radical (unpaired) electrons. The monoisotopic (exact) mass is 333 g/mol. The lowest BCUT2D eigenvalue weighted by Gasteiger charge is -2.42. The second kappa shape index (κ2) is 5.39. The zero-order valence-corrected chi connectivity index (χ0v) is 16.9. The molecule has 1 nitrogen and oxygen atoms in total. The molecule has 3 heteroatoms. The summed E-state index contributed by atoms with van der Waals surface area (Å²) >= 11 is 2.15. The van der Waals surface area contributed by atoms with Gasteiger partial charge in [0, 0.05) is 15.7 Å². The van der Waals surface area contributed by atoms with Gasteiger partial charge in [-0.2, -0.15) is 0 Å². The average molecular weight is 334 g/mol. The number of benzene rings is 1. The van der Waals surface area contributed by atoms with Gasteiger partial charge in [-0.05, 0) is 55.7 Å². The largest absolute Gasteiger partial charge is 0.332 e. The van der Waals surface area contributed by atoms with Crippen molar-refractivity contribution in [2.75, 3.05) is 0 Å². The van der Waals surface area contributed by atoms with Crippen molar-refractivity contribution in [3.05, 3.63) is 29.8 Å². The highest BCUT2D eigenvalue weighted by atomic mass is 32.2. The minimum absolute atomic E-state index is 0.210. The molecule has 1 saturated carbocycles. The van der Waals surface area contributed by atoms with E-state index in [1.807, 2.05) is 0 Å². The Hall–Kier alpha value is -0.253. The molecule has 1 aromatic rings. The van der Waals surface area contributed by atoms with Crippen molar-refractivity contribution in [1.29, 1.82) is 0 Å². The normalized spacial score (nSPS) is 34.6. The molecule has 1 heterocycles. The molecule has 3 rings (SSSR count). The Balaban J connectivity index is 2.00. The van der Waals surface area contributed by atoms with E-state index in [1.165, 1.54) is 0 Å². The smallest absolute Gasteiger partial charge is 0.123 e.